The maximum Gasteiger partial charge on any atom is 0.244 e. The predicted molar refractivity (Wildman–Crippen MR) is 104 cm³/mol. The Hall–Kier alpha value is -1.11. The van der Waals surface area contributed by atoms with Crippen LogP contribution in [0.25, 0.3) is 0 Å². The molecule has 0 spiro atoms. The molecule has 1 fully saturated rings. The number of rotatable bonds is 5. The van der Waals surface area contributed by atoms with Crippen LogP contribution in [0.3, 0.4) is 0 Å². The molecule has 1 heterocycles. The summed E-state index contributed by atoms with van der Waals surface area (Å²) in [4.78, 5) is 0.109. The summed E-state index contributed by atoms with van der Waals surface area (Å²) in [6.07, 6.45) is 2.01. The minimum Gasteiger partial charge on any atom is -0.396 e. The highest BCUT2D eigenvalue weighted by Crippen LogP contribution is 2.37. The van der Waals surface area contributed by atoms with E-state index in [0.717, 1.165) is 12.0 Å². The van der Waals surface area contributed by atoms with Gasteiger partial charge in [-0.05, 0) is 49.1 Å². The molecule has 4 nitrogen and oxygen atoms in total. The lowest BCUT2D eigenvalue weighted by Gasteiger charge is -2.41. The van der Waals surface area contributed by atoms with Crippen molar-refractivity contribution < 1.29 is 13.5 Å². The van der Waals surface area contributed by atoms with Crippen molar-refractivity contribution in [1.29, 1.82) is 0 Å². The van der Waals surface area contributed by atoms with E-state index in [-0.39, 0.29) is 23.1 Å². The molecule has 140 valence electrons. The van der Waals surface area contributed by atoms with Gasteiger partial charge in [0.25, 0.3) is 0 Å². The molecule has 1 aliphatic heterocycles. The molecule has 0 bridgehead atoms. The number of hydrogen-bond donors (Lipinski definition) is 1. The van der Waals surface area contributed by atoms with Crippen molar-refractivity contribution >= 4 is 33.2 Å². The molecule has 1 atom stereocenters. The number of halogens is 2. The molecule has 0 unspecified atom stereocenters. The maximum absolute atomic E-state index is 13.1. The van der Waals surface area contributed by atoms with E-state index in [1.807, 2.05) is 18.2 Å². The monoisotopic (exact) mass is 413 g/mol. The first-order chi connectivity index (χ1) is 12.4. The Bertz CT molecular complexity index is 888. The largest absolute Gasteiger partial charge is 0.396 e. The molecule has 3 rings (SSSR count). The lowest BCUT2D eigenvalue weighted by Crippen LogP contribution is -2.48. The summed E-state index contributed by atoms with van der Waals surface area (Å²) < 4.78 is 27.6. The highest BCUT2D eigenvalue weighted by molar-refractivity contribution is 7.89. The Morgan fingerprint density at radius 2 is 1.88 bits per heavy atom. The third kappa shape index (κ3) is 4.07. The number of hydrogen-bond acceptors (Lipinski definition) is 3. The smallest absolute Gasteiger partial charge is 0.244 e. The van der Waals surface area contributed by atoms with Gasteiger partial charge in [-0.2, -0.15) is 4.31 Å². The van der Waals surface area contributed by atoms with Crippen LogP contribution in [0.5, 0.6) is 0 Å². The molecule has 1 saturated heterocycles. The summed E-state index contributed by atoms with van der Waals surface area (Å²) in [5.74, 6) is 0. The van der Waals surface area contributed by atoms with Gasteiger partial charge in [0.2, 0.25) is 10.0 Å². The summed E-state index contributed by atoms with van der Waals surface area (Å²) in [7, 11) is -3.71. The third-order valence-corrected chi connectivity index (χ3v) is 7.46. The second kappa shape index (κ2) is 7.87. The summed E-state index contributed by atoms with van der Waals surface area (Å²) in [6, 6.07) is 13.9. The van der Waals surface area contributed by atoms with Crippen LogP contribution in [0.4, 0.5) is 0 Å². The number of sulfonamides is 1. The SMILES string of the molecule is O=S(=O)(c1ccccc1Cl)N1CCC[C@@](CO)(Cc2cccc(Cl)c2)C1. The third-order valence-electron chi connectivity index (χ3n) is 4.88. The molecule has 1 aliphatic rings. The number of piperidine rings is 1. The van der Waals surface area contributed by atoms with Crippen LogP contribution in [-0.4, -0.2) is 37.5 Å². The van der Waals surface area contributed by atoms with Gasteiger partial charge in [0, 0.05) is 23.5 Å². The van der Waals surface area contributed by atoms with Gasteiger partial charge in [-0.25, -0.2) is 8.42 Å². The van der Waals surface area contributed by atoms with Crippen LogP contribution >= 0.6 is 23.2 Å². The Labute approximate surface area is 164 Å². The number of nitrogens with zero attached hydrogens (tertiary/aromatic N) is 1. The number of aliphatic hydroxyl groups is 1. The van der Waals surface area contributed by atoms with E-state index in [2.05, 4.69) is 0 Å². The Kier molecular flexibility index (Phi) is 5.94. The van der Waals surface area contributed by atoms with Crippen molar-refractivity contribution in [3.8, 4) is 0 Å². The fourth-order valence-corrected chi connectivity index (χ4v) is 5.87. The van der Waals surface area contributed by atoms with Crippen molar-refractivity contribution in [1.82, 2.24) is 4.31 Å². The quantitative estimate of drug-likeness (QED) is 0.805. The van der Waals surface area contributed by atoms with Crippen LogP contribution in [-0.2, 0) is 16.4 Å². The van der Waals surface area contributed by atoms with Gasteiger partial charge in [0.1, 0.15) is 4.90 Å². The first-order valence-corrected chi connectivity index (χ1v) is 10.7. The van der Waals surface area contributed by atoms with Gasteiger partial charge in [-0.1, -0.05) is 47.5 Å². The van der Waals surface area contributed by atoms with Crippen molar-refractivity contribution in [3.05, 3.63) is 64.1 Å². The zero-order valence-electron chi connectivity index (χ0n) is 14.2. The highest BCUT2D eigenvalue weighted by Gasteiger charge is 2.40. The molecule has 0 amide bonds. The van der Waals surface area contributed by atoms with Gasteiger partial charge in [-0.3, -0.25) is 0 Å². The summed E-state index contributed by atoms with van der Waals surface area (Å²) >= 11 is 12.2. The van der Waals surface area contributed by atoms with Gasteiger partial charge < -0.3 is 5.11 Å². The Morgan fingerprint density at radius 3 is 2.58 bits per heavy atom. The molecular formula is C19H21Cl2NO3S. The molecule has 7 heteroatoms. The number of aliphatic hydroxyl groups excluding tert-OH is 1. The van der Waals surface area contributed by atoms with E-state index >= 15 is 0 Å². The van der Waals surface area contributed by atoms with Crippen LogP contribution in [0.1, 0.15) is 18.4 Å². The lowest BCUT2D eigenvalue weighted by molar-refractivity contribution is 0.0645. The zero-order valence-corrected chi connectivity index (χ0v) is 16.6. The number of benzene rings is 2. The van der Waals surface area contributed by atoms with E-state index in [1.165, 1.54) is 10.4 Å². The molecule has 0 radical (unpaired) electrons. The summed E-state index contributed by atoms with van der Waals surface area (Å²) in [5, 5.41) is 10.9. The Morgan fingerprint density at radius 1 is 1.12 bits per heavy atom. The molecule has 26 heavy (non-hydrogen) atoms. The first-order valence-electron chi connectivity index (χ1n) is 8.46. The van der Waals surface area contributed by atoms with Crippen molar-refractivity contribution in [2.24, 2.45) is 5.41 Å². The maximum atomic E-state index is 13.1. The Balaban J connectivity index is 1.88. The topological polar surface area (TPSA) is 57.6 Å². The molecule has 2 aromatic rings. The zero-order chi connectivity index (χ0) is 18.8. The molecule has 0 aromatic heterocycles. The van der Waals surface area contributed by atoms with Crippen molar-refractivity contribution in [3.63, 3.8) is 0 Å². The molecule has 0 aliphatic carbocycles. The molecular weight excluding hydrogens is 393 g/mol. The van der Waals surface area contributed by atoms with Crippen LogP contribution < -0.4 is 0 Å². The minimum atomic E-state index is -3.71. The van der Waals surface area contributed by atoms with Crippen molar-refractivity contribution in [2.75, 3.05) is 19.7 Å². The predicted octanol–water partition coefficient (Wildman–Crippen LogP) is 4.00. The normalized spacial score (nSPS) is 21.7. The van der Waals surface area contributed by atoms with Crippen LogP contribution in [0.15, 0.2) is 53.4 Å². The van der Waals surface area contributed by atoms with Gasteiger partial charge in [0.05, 0.1) is 11.6 Å². The summed E-state index contributed by atoms with van der Waals surface area (Å²) in [6.45, 7) is 0.586. The fourth-order valence-electron chi connectivity index (χ4n) is 3.57. The summed E-state index contributed by atoms with van der Waals surface area (Å²) in [5.41, 5.74) is 0.459. The van der Waals surface area contributed by atoms with Crippen LogP contribution in [0, 0.1) is 5.41 Å². The van der Waals surface area contributed by atoms with E-state index in [0.29, 0.717) is 24.4 Å². The van der Waals surface area contributed by atoms with Crippen molar-refractivity contribution in [2.45, 2.75) is 24.2 Å². The van der Waals surface area contributed by atoms with Gasteiger partial charge >= 0.3 is 0 Å². The van der Waals surface area contributed by atoms with E-state index in [1.54, 1.807) is 24.3 Å². The average Bonchev–Trinajstić information content (AvgIpc) is 2.62. The lowest BCUT2D eigenvalue weighted by atomic mass is 9.76. The minimum absolute atomic E-state index is 0.0892. The second-order valence-electron chi connectivity index (χ2n) is 6.84. The van der Waals surface area contributed by atoms with E-state index in [9.17, 15) is 13.5 Å². The average molecular weight is 414 g/mol. The van der Waals surface area contributed by atoms with Gasteiger partial charge in [-0.15, -0.1) is 0 Å². The van der Waals surface area contributed by atoms with E-state index < -0.39 is 15.4 Å². The molecule has 1 N–H and O–H groups in total. The standard InChI is InChI=1S/C19H21Cl2NO3S/c20-16-6-3-5-15(11-16)12-19(14-23)9-4-10-22(13-19)26(24,25)18-8-2-1-7-17(18)21/h1-3,5-8,11,23H,4,9-10,12-14H2/t19-/m1/s1. The molecule has 0 saturated carbocycles. The first kappa shape index (κ1) is 19.6. The van der Waals surface area contributed by atoms with E-state index in [4.69, 9.17) is 23.2 Å². The van der Waals surface area contributed by atoms with Gasteiger partial charge in [0.15, 0.2) is 0 Å². The van der Waals surface area contributed by atoms with Crippen LogP contribution in [0.2, 0.25) is 10.0 Å². The second-order valence-corrected chi connectivity index (χ2v) is 9.59. The molecule has 2 aromatic carbocycles. The fraction of sp³-hybridized carbons (Fsp3) is 0.368. The highest BCUT2D eigenvalue weighted by atomic mass is 35.5.